The number of benzene rings is 2. The fraction of sp³-hybridized carbons (Fsp3) is 0.263. The Morgan fingerprint density at radius 3 is 2.21 bits per heavy atom. The molecule has 0 saturated heterocycles. The second-order valence-electron chi connectivity index (χ2n) is 6.56. The van der Waals surface area contributed by atoms with Crippen LogP contribution in [0.3, 0.4) is 0 Å². The molecular formula is C19H21FN2O2. The molecule has 0 bridgehead atoms. The smallest absolute Gasteiger partial charge is 0.251 e. The van der Waals surface area contributed by atoms with E-state index >= 15 is 0 Å². The molecule has 2 rings (SSSR count). The third-order valence-corrected chi connectivity index (χ3v) is 3.27. The van der Waals surface area contributed by atoms with Gasteiger partial charge in [-0.25, -0.2) is 4.39 Å². The number of hydrogen-bond acceptors (Lipinski definition) is 2. The molecule has 0 unspecified atom stereocenters. The molecule has 0 aromatic heterocycles. The minimum Gasteiger partial charge on any atom is -0.348 e. The third kappa shape index (κ3) is 4.91. The van der Waals surface area contributed by atoms with Crippen molar-refractivity contribution in [3.63, 3.8) is 0 Å². The predicted octanol–water partition coefficient (Wildman–Crippen LogP) is 3.28. The van der Waals surface area contributed by atoms with Gasteiger partial charge in [-0.2, -0.15) is 0 Å². The van der Waals surface area contributed by atoms with E-state index in [0.717, 1.165) is 0 Å². The lowest BCUT2D eigenvalue weighted by Gasteiger charge is -2.20. The number of carbonyl (C=O) groups is 2. The van der Waals surface area contributed by atoms with E-state index in [2.05, 4.69) is 10.6 Å². The summed E-state index contributed by atoms with van der Waals surface area (Å²) in [4.78, 5) is 24.4. The first-order valence-electron chi connectivity index (χ1n) is 7.70. The van der Waals surface area contributed by atoms with E-state index in [1.54, 1.807) is 36.4 Å². The van der Waals surface area contributed by atoms with Gasteiger partial charge in [-0.05, 0) is 45.0 Å². The van der Waals surface area contributed by atoms with Crippen molar-refractivity contribution in [2.45, 2.75) is 32.9 Å². The molecule has 0 fully saturated rings. The number of carbonyl (C=O) groups excluding carboxylic acids is 2. The second kappa shape index (κ2) is 7.25. The SMILES string of the molecule is CC(C)(C)NC(=O)c1cccc(C(=O)NCc2ccccc2F)c1. The maximum absolute atomic E-state index is 13.6. The Morgan fingerprint density at radius 1 is 0.958 bits per heavy atom. The Bertz CT molecular complexity index is 751. The minimum absolute atomic E-state index is 0.0872. The summed E-state index contributed by atoms with van der Waals surface area (Å²) >= 11 is 0. The summed E-state index contributed by atoms with van der Waals surface area (Å²) < 4.78 is 13.6. The van der Waals surface area contributed by atoms with Gasteiger partial charge in [-0.3, -0.25) is 9.59 Å². The number of nitrogens with one attached hydrogen (secondary N) is 2. The Hall–Kier alpha value is -2.69. The average molecular weight is 328 g/mol. The molecule has 0 spiro atoms. The molecule has 5 heteroatoms. The average Bonchev–Trinajstić information content (AvgIpc) is 2.52. The van der Waals surface area contributed by atoms with Crippen molar-refractivity contribution in [1.82, 2.24) is 10.6 Å². The monoisotopic (exact) mass is 328 g/mol. The second-order valence-corrected chi connectivity index (χ2v) is 6.56. The van der Waals surface area contributed by atoms with E-state index in [1.807, 2.05) is 20.8 Å². The van der Waals surface area contributed by atoms with Crippen molar-refractivity contribution in [2.75, 3.05) is 0 Å². The maximum Gasteiger partial charge on any atom is 0.251 e. The van der Waals surface area contributed by atoms with Crippen molar-refractivity contribution in [3.8, 4) is 0 Å². The van der Waals surface area contributed by atoms with Crippen LogP contribution in [-0.4, -0.2) is 17.4 Å². The normalized spacial score (nSPS) is 11.0. The molecule has 2 amide bonds. The summed E-state index contributed by atoms with van der Waals surface area (Å²) in [5.74, 6) is -0.967. The molecule has 0 aliphatic heterocycles. The predicted molar refractivity (Wildman–Crippen MR) is 91.2 cm³/mol. The van der Waals surface area contributed by atoms with E-state index in [4.69, 9.17) is 0 Å². The largest absolute Gasteiger partial charge is 0.348 e. The number of amides is 2. The van der Waals surface area contributed by atoms with Gasteiger partial charge in [0.2, 0.25) is 0 Å². The summed E-state index contributed by atoms with van der Waals surface area (Å²) in [7, 11) is 0. The van der Waals surface area contributed by atoms with Crippen molar-refractivity contribution in [2.24, 2.45) is 0 Å². The zero-order chi connectivity index (χ0) is 17.7. The van der Waals surface area contributed by atoms with Crippen molar-refractivity contribution in [3.05, 3.63) is 71.0 Å². The lowest BCUT2D eigenvalue weighted by Crippen LogP contribution is -2.40. The van der Waals surface area contributed by atoms with Gasteiger partial charge < -0.3 is 10.6 Å². The van der Waals surface area contributed by atoms with Gasteiger partial charge in [-0.15, -0.1) is 0 Å². The van der Waals surface area contributed by atoms with Crippen LogP contribution in [0.2, 0.25) is 0 Å². The Labute approximate surface area is 141 Å². The summed E-state index contributed by atoms with van der Waals surface area (Å²) in [5.41, 5.74) is 0.809. The maximum atomic E-state index is 13.6. The van der Waals surface area contributed by atoms with Crippen LogP contribution in [0, 0.1) is 5.82 Å². The standard InChI is InChI=1S/C19H21FN2O2/c1-19(2,3)22-18(24)14-9-6-8-13(11-14)17(23)21-12-15-7-4-5-10-16(15)20/h4-11H,12H2,1-3H3,(H,21,23)(H,22,24). The molecular weight excluding hydrogens is 307 g/mol. The summed E-state index contributed by atoms with van der Waals surface area (Å²) in [6.45, 7) is 5.74. The zero-order valence-corrected chi connectivity index (χ0v) is 14.0. The molecule has 126 valence electrons. The Kier molecular flexibility index (Phi) is 5.34. The quantitative estimate of drug-likeness (QED) is 0.905. The van der Waals surface area contributed by atoms with Gasteiger partial charge in [-0.1, -0.05) is 24.3 Å². The highest BCUT2D eigenvalue weighted by atomic mass is 19.1. The molecule has 0 atom stereocenters. The van der Waals surface area contributed by atoms with Crippen LogP contribution in [0.5, 0.6) is 0 Å². The summed E-state index contributed by atoms with van der Waals surface area (Å²) in [5, 5.41) is 5.51. The first-order chi connectivity index (χ1) is 11.3. The van der Waals surface area contributed by atoms with Crippen LogP contribution in [0.1, 0.15) is 47.1 Å². The first-order valence-corrected chi connectivity index (χ1v) is 7.70. The van der Waals surface area contributed by atoms with Crippen LogP contribution >= 0.6 is 0 Å². The van der Waals surface area contributed by atoms with Gasteiger partial charge in [0.15, 0.2) is 0 Å². The van der Waals surface area contributed by atoms with Crippen molar-refractivity contribution in [1.29, 1.82) is 0 Å². The molecule has 0 saturated carbocycles. The van der Waals surface area contributed by atoms with Crippen molar-refractivity contribution < 1.29 is 14.0 Å². The first kappa shape index (κ1) is 17.7. The molecule has 2 aromatic rings. The van der Waals surface area contributed by atoms with E-state index < -0.39 is 0 Å². The molecule has 24 heavy (non-hydrogen) atoms. The molecule has 4 nitrogen and oxygen atoms in total. The van der Waals surface area contributed by atoms with Gasteiger partial charge >= 0.3 is 0 Å². The lowest BCUT2D eigenvalue weighted by atomic mass is 10.1. The Balaban J connectivity index is 2.06. The van der Waals surface area contributed by atoms with Gasteiger partial charge in [0.25, 0.3) is 11.8 Å². The third-order valence-electron chi connectivity index (χ3n) is 3.27. The zero-order valence-electron chi connectivity index (χ0n) is 14.0. The van der Waals surface area contributed by atoms with Crippen LogP contribution < -0.4 is 10.6 Å². The highest BCUT2D eigenvalue weighted by Gasteiger charge is 2.16. The fourth-order valence-electron chi connectivity index (χ4n) is 2.13. The molecule has 0 heterocycles. The van der Waals surface area contributed by atoms with E-state index in [1.165, 1.54) is 12.1 Å². The summed E-state index contributed by atoms with van der Waals surface area (Å²) in [6, 6.07) is 12.7. The summed E-state index contributed by atoms with van der Waals surface area (Å²) in [6.07, 6.45) is 0. The molecule has 0 aliphatic rings. The number of hydrogen-bond donors (Lipinski definition) is 2. The lowest BCUT2D eigenvalue weighted by molar-refractivity contribution is 0.0919. The van der Waals surface area contributed by atoms with E-state index in [-0.39, 0.29) is 29.7 Å². The molecule has 0 aliphatic carbocycles. The molecule has 2 N–H and O–H groups in total. The van der Waals surface area contributed by atoms with Crippen LogP contribution in [0.15, 0.2) is 48.5 Å². The van der Waals surface area contributed by atoms with Crippen molar-refractivity contribution >= 4 is 11.8 Å². The van der Waals surface area contributed by atoms with Gasteiger partial charge in [0.05, 0.1) is 0 Å². The van der Waals surface area contributed by atoms with E-state index in [9.17, 15) is 14.0 Å². The number of halogens is 1. The Morgan fingerprint density at radius 2 is 1.58 bits per heavy atom. The molecule has 0 radical (unpaired) electrons. The van der Waals surface area contributed by atoms with Crippen LogP contribution in [0.25, 0.3) is 0 Å². The fourth-order valence-corrected chi connectivity index (χ4v) is 2.13. The molecule has 2 aromatic carbocycles. The van der Waals surface area contributed by atoms with E-state index in [0.29, 0.717) is 16.7 Å². The van der Waals surface area contributed by atoms with Gasteiger partial charge in [0, 0.05) is 28.8 Å². The van der Waals surface area contributed by atoms with Crippen LogP contribution in [-0.2, 0) is 6.54 Å². The highest BCUT2D eigenvalue weighted by Crippen LogP contribution is 2.10. The highest BCUT2D eigenvalue weighted by molar-refractivity contribution is 5.99. The topological polar surface area (TPSA) is 58.2 Å². The van der Waals surface area contributed by atoms with Gasteiger partial charge in [0.1, 0.15) is 5.82 Å². The number of rotatable bonds is 4. The minimum atomic E-state index is -0.365. The van der Waals surface area contributed by atoms with Crippen LogP contribution in [0.4, 0.5) is 4.39 Å².